The summed E-state index contributed by atoms with van der Waals surface area (Å²) in [6.45, 7) is 12.3. The van der Waals surface area contributed by atoms with E-state index in [1.165, 1.54) is 0 Å². The van der Waals surface area contributed by atoms with E-state index in [4.69, 9.17) is 9.26 Å². The second-order valence-electron chi connectivity index (χ2n) is 7.45. The molecule has 0 spiro atoms. The number of hydrogen-bond acceptors (Lipinski definition) is 4. The summed E-state index contributed by atoms with van der Waals surface area (Å²) in [6, 6.07) is 12.3. The van der Waals surface area contributed by atoms with Gasteiger partial charge in [-0.2, -0.15) is 5.26 Å². The number of nitrogens with zero attached hydrogens (tertiary/aromatic N) is 3. The van der Waals surface area contributed by atoms with Gasteiger partial charge in [0.2, 0.25) is 0 Å². The number of nitriles is 1. The Morgan fingerprint density at radius 1 is 1.26 bits per heavy atom. The third kappa shape index (κ3) is 3.43. The van der Waals surface area contributed by atoms with E-state index < -0.39 is 0 Å². The molecule has 31 heavy (non-hydrogen) atoms. The highest BCUT2D eigenvalue weighted by atomic mass is 16.5. The minimum atomic E-state index is 0.576. The molecule has 0 aliphatic heterocycles. The van der Waals surface area contributed by atoms with Gasteiger partial charge in [0.1, 0.15) is 11.5 Å². The number of aryl methyl sites for hydroxylation is 2. The fraction of sp³-hybridized carbons (Fsp3) is 0.154. The maximum atomic E-state index is 10.0. The smallest absolute Gasteiger partial charge is 0.141 e. The Kier molecular flexibility index (Phi) is 5.22. The molecule has 0 radical (unpaired) electrons. The number of hydrogen-bond donors (Lipinski definition) is 0. The highest BCUT2D eigenvalue weighted by Crippen LogP contribution is 2.38. The maximum Gasteiger partial charge on any atom is 0.141 e. The number of fused-ring (bicyclic) bond motifs is 3. The van der Waals surface area contributed by atoms with Crippen molar-refractivity contribution in [2.24, 2.45) is 0 Å². The molecule has 2 aromatic carbocycles. The molecule has 0 unspecified atom stereocenters. The topological polar surface area (TPSA) is 64.0 Å². The molecule has 4 aromatic rings. The van der Waals surface area contributed by atoms with Crippen LogP contribution in [0.4, 0.5) is 0 Å². The largest absolute Gasteiger partial charge is 0.497 e. The zero-order valence-electron chi connectivity index (χ0n) is 17.9. The monoisotopic (exact) mass is 409 g/mol. The van der Waals surface area contributed by atoms with Crippen LogP contribution in [-0.4, -0.2) is 16.8 Å². The van der Waals surface area contributed by atoms with E-state index in [2.05, 4.69) is 35.0 Å². The molecule has 2 aromatic heterocycles. The summed E-state index contributed by atoms with van der Waals surface area (Å²) in [4.78, 5) is 0. The summed E-state index contributed by atoms with van der Waals surface area (Å²) in [7, 11) is 1.64. The van der Waals surface area contributed by atoms with Gasteiger partial charge in [-0.25, -0.2) is 0 Å². The third-order valence-corrected chi connectivity index (χ3v) is 5.44. The predicted molar refractivity (Wildman–Crippen MR) is 124 cm³/mol. The lowest BCUT2D eigenvalue weighted by Gasteiger charge is -2.10. The Morgan fingerprint density at radius 3 is 2.71 bits per heavy atom. The first-order chi connectivity index (χ1) is 15.0. The van der Waals surface area contributed by atoms with E-state index in [9.17, 15) is 5.26 Å². The van der Waals surface area contributed by atoms with Crippen LogP contribution in [-0.2, 0) is 6.54 Å². The van der Waals surface area contributed by atoms with Gasteiger partial charge in [-0.1, -0.05) is 36.5 Å². The van der Waals surface area contributed by atoms with Crippen LogP contribution in [0.1, 0.15) is 17.0 Å². The third-order valence-electron chi connectivity index (χ3n) is 5.44. The fourth-order valence-corrected chi connectivity index (χ4v) is 4.09. The van der Waals surface area contributed by atoms with Crippen molar-refractivity contribution < 1.29 is 9.26 Å². The minimum Gasteiger partial charge on any atom is -0.497 e. The molecule has 0 saturated heterocycles. The van der Waals surface area contributed by atoms with E-state index in [0.29, 0.717) is 12.1 Å². The van der Waals surface area contributed by atoms with Gasteiger partial charge in [-0.15, -0.1) is 0 Å². The van der Waals surface area contributed by atoms with Crippen LogP contribution in [0.15, 0.2) is 71.8 Å². The van der Waals surface area contributed by atoms with Crippen LogP contribution in [0, 0.1) is 25.2 Å². The predicted octanol–water partition coefficient (Wildman–Crippen LogP) is 6.25. The van der Waals surface area contributed by atoms with Crippen LogP contribution in [0.2, 0.25) is 0 Å². The van der Waals surface area contributed by atoms with E-state index in [1.54, 1.807) is 13.2 Å². The Bertz CT molecular complexity index is 1390. The van der Waals surface area contributed by atoms with Crippen molar-refractivity contribution in [1.29, 1.82) is 5.26 Å². The van der Waals surface area contributed by atoms with Gasteiger partial charge in [0.15, 0.2) is 0 Å². The van der Waals surface area contributed by atoms with Crippen molar-refractivity contribution in [1.82, 2.24) is 9.72 Å². The first kappa shape index (κ1) is 20.2. The van der Waals surface area contributed by atoms with Gasteiger partial charge in [-0.05, 0) is 55.3 Å². The zero-order valence-corrected chi connectivity index (χ0v) is 17.9. The molecule has 5 heteroatoms. The van der Waals surface area contributed by atoms with Gasteiger partial charge in [0.05, 0.1) is 30.0 Å². The molecule has 0 bridgehead atoms. The average molecular weight is 409 g/mol. The Labute approximate surface area is 181 Å². The van der Waals surface area contributed by atoms with Crippen molar-refractivity contribution in [2.75, 3.05) is 7.11 Å². The Balaban J connectivity index is 2.08. The van der Waals surface area contributed by atoms with E-state index >= 15 is 0 Å². The molecule has 0 saturated carbocycles. The van der Waals surface area contributed by atoms with Crippen molar-refractivity contribution >= 4 is 21.8 Å². The molecule has 0 aliphatic carbocycles. The Hall–Kier alpha value is -4.04. The summed E-state index contributed by atoms with van der Waals surface area (Å²) in [5, 5.41) is 16.0. The minimum absolute atomic E-state index is 0.576. The fourth-order valence-electron chi connectivity index (χ4n) is 4.09. The second kappa shape index (κ2) is 8.00. The number of allylic oxidation sites excluding steroid dienone is 4. The summed E-state index contributed by atoms with van der Waals surface area (Å²) in [5.74, 6) is 1.47. The van der Waals surface area contributed by atoms with Gasteiger partial charge in [0, 0.05) is 28.4 Å². The highest BCUT2D eigenvalue weighted by Gasteiger charge is 2.19. The standard InChI is InChI=1S/C26H23N3O2/c1-6-7-8-16(2)15-29-23-10-9-21(30-5)13-22(23)26-20(14-27)11-19(12-24(26)29)25-17(3)28-31-18(25)4/h6-13H,1-2,15H2,3-5H3/b8-7-. The summed E-state index contributed by atoms with van der Waals surface area (Å²) in [5.41, 5.74) is 6.10. The van der Waals surface area contributed by atoms with Gasteiger partial charge >= 0.3 is 0 Å². The van der Waals surface area contributed by atoms with E-state index in [0.717, 1.165) is 55.7 Å². The zero-order chi connectivity index (χ0) is 22.1. The van der Waals surface area contributed by atoms with Crippen molar-refractivity contribution in [3.8, 4) is 22.9 Å². The van der Waals surface area contributed by atoms with Crippen molar-refractivity contribution in [3.05, 3.63) is 84.3 Å². The van der Waals surface area contributed by atoms with Crippen molar-refractivity contribution in [3.63, 3.8) is 0 Å². The second-order valence-corrected chi connectivity index (χ2v) is 7.45. The van der Waals surface area contributed by atoms with Gasteiger partial charge in [0.25, 0.3) is 0 Å². The average Bonchev–Trinajstić information content (AvgIpc) is 3.27. The van der Waals surface area contributed by atoms with Crippen LogP contribution in [0.3, 0.4) is 0 Å². The van der Waals surface area contributed by atoms with Crippen LogP contribution >= 0.6 is 0 Å². The molecular weight excluding hydrogens is 386 g/mol. The molecule has 5 nitrogen and oxygen atoms in total. The summed E-state index contributed by atoms with van der Waals surface area (Å²) < 4.78 is 13.0. The summed E-state index contributed by atoms with van der Waals surface area (Å²) >= 11 is 0. The summed E-state index contributed by atoms with van der Waals surface area (Å²) in [6.07, 6.45) is 5.54. The van der Waals surface area contributed by atoms with E-state index in [1.807, 2.05) is 50.3 Å². The number of methoxy groups -OCH3 is 1. The lowest BCUT2D eigenvalue weighted by Crippen LogP contribution is -1.99. The molecule has 154 valence electrons. The van der Waals surface area contributed by atoms with Gasteiger partial charge < -0.3 is 13.8 Å². The van der Waals surface area contributed by atoms with Crippen LogP contribution < -0.4 is 4.74 Å². The number of benzene rings is 2. The quantitative estimate of drug-likeness (QED) is 0.353. The Morgan fingerprint density at radius 2 is 2.06 bits per heavy atom. The molecular formula is C26H23N3O2. The van der Waals surface area contributed by atoms with Gasteiger partial charge in [-0.3, -0.25) is 0 Å². The molecule has 0 atom stereocenters. The number of aromatic nitrogens is 2. The normalized spacial score (nSPS) is 11.3. The number of ether oxygens (including phenoxy) is 1. The maximum absolute atomic E-state index is 10.0. The first-order valence-corrected chi connectivity index (χ1v) is 9.92. The SMILES string of the molecule is C=C/C=C\C(=C)Cn1c2ccc(OC)cc2c2c(C#N)cc(-c3c(C)noc3C)cc21. The number of rotatable bonds is 6. The molecule has 4 rings (SSSR count). The molecule has 0 fully saturated rings. The molecule has 0 aliphatic rings. The molecule has 0 N–H and O–H groups in total. The lowest BCUT2D eigenvalue weighted by atomic mass is 9.98. The van der Waals surface area contributed by atoms with E-state index in [-0.39, 0.29) is 0 Å². The van der Waals surface area contributed by atoms with Crippen molar-refractivity contribution in [2.45, 2.75) is 20.4 Å². The van der Waals surface area contributed by atoms with Crippen LogP contribution in [0.25, 0.3) is 32.9 Å². The highest BCUT2D eigenvalue weighted by molar-refractivity contribution is 6.12. The lowest BCUT2D eigenvalue weighted by molar-refractivity contribution is 0.393. The molecule has 2 heterocycles. The first-order valence-electron chi connectivity index (χ1n) is 9.92. The van der Waals surface area contributed by atoms with Crippen LogP contribution in [0.5, 0.6) is 5.75 Å². The molecule has 0 amide bonds.